The third-order valence-corrected chi connectivity index (χ3v) is 3.99. The highest BCUT2D eigenvalue weighted by Crippen LogP contribution is 2.21. The summed E-state index contributed by atoms with van der Waals surface area (Å²) >= 11 is 3.41. The molecule has 0 aliphatic carbocycles. The maximum Gasteiger partial charge on any atom is 0.277 e. The molecule has 0 aromatic heterocycles. The number of nitrogens with one attached hydrogen (secondary N) is 1. The van der Waals surface area contributed by atoms with Crippen molar-refractivity contribution >= 4 is 28.1 Å². The average molecular weight is 419 g/mol. The number of amides is 1. The Morgan fingerprint density at radius 3 is 2.62 bits per heavy atom. The van der Waals surface area contributed by atoms with Gasteiger partial charge in [0.05, 0.1) is 12.8 Å². The minimum absolute atomic E-state index is 0.0960. The lowest BCUT2D eigenvalue weighted by atomic mass is 10.1. The van der Waals surface area contributed by atoms with Gasteiger partial charge >= 0.3 is 0 Å². The molecule has 0 fully saturated rings. The van der Waals surface area contributed by atoms with Crippen LogP contribution in [0.4, 0.5) is 0 Å². The highest BCUT2D eigenvalue weighted by Gasteiger charge is 2.04. The predicted octanol–water partition coefficient (Wildman–Crippen LogP) is 4.33. The van der Waals surface area contributed by atoms with Crippen molar-refractivity contribution in [2.45, 2.75) is 26.7 Å². The molecule has 0 saturated carbocycles. The molecule has 1 N–H and O–H groups in total. The molecule has 26 heavy (non-hydrogen) atoms. The first kappa shape index (κ1) is 20.0. The zero-order chi connectivity index (χ0) is 18.8. The second-order valence-electron chi connectivity index (χ2n) is 5.59. The van der Waals surface area contributed by atoms with Gasteiger partial charge in [0.1, 0.15) is 11.5 Å². The lowest BCUT2D eigenvalue weighted by Gasteiger charge is -2.07. The summed E-state index contributed by atoms with van der Waals surface area (Å²) in [5.74, 6) is 1.04. The molecule has 0 unspecified atom stereocenters. The van der Waals surface area contributed by atoms with E-state index in [4.69, 9.17) is 9.47 Å². The van der Waals surface area contributed by atoms with Crippen LogP contribution in [-0.4, -0.2) is 25.3 Å². The minimum atomic E-state index is -0.327. The highest BCUT2D eigenvalue weighted by molar-refractivity contribution is 9.10. The topological polar surface area (TPSA) is 59.9 Å². The molecule has 0 atom stereocenters. The highest BCUT2D eigenvalue weighted by atomic mass is 79.9. The molecule has 138 valence electrons. The second kappa shape index (κ2) is 10.6. The van der Waals surface area contributed by atoms with Gasteiger partial charge in [-0.2, -0.15) is 5.10 Å². The smallest absolute Gasteiger partial charge is 0.277 e. The van der Waals surface area contributed by atoms with E-state index in [2.05, 4.69) is 33.4 Å². The number of ether oxygens (including phenoxy) is 2. The van der Waals surface area contributed by atoms with Crippen LogP contribution in [0.1, 0.15) is 31.4 Å². The lowest BCUT2D eigenvalue weighted by Crippen LogP contribution is -2.24. The molecule has 0 heterocycles. The standard InChI is InChI=1S/C20H23BrN2O3/c1-3-5-15-6-9-18(10-7-15)26-14-20(24)23-22-13-16-12-17(21)8-11-19(16)25-4-2/h6-13H,3-5,14H2,1-2H3,(H,23,24)/b22-13+. The van der Waals surface area contributed by atoms with Crippen molar-refractivity contribution in [1.29, 1.82) is 0 Å². The first-order valence-electron chi connectivity index (χ1n) is 8.58. The maximum absolute atomic E-state index is 11.9. The number of hydrogen-bond donors (Lipinski definition) is 1. The average Bonchev–Trinajstić information content (AvgIpc) is 2.64. The SMILES string of the molecule is CCCc1ccc(OCC(=O)N/N=C/c2cc(Br)ccc2OCC)cc1. The van der Waals surface area contributed by atoms with E-state index in [0.717, 1.165) is 22.9 Å². The fraction of sp³-hybridized carbons (Fsp3) is 0.300. The molecule has 0 aliphatic heterocycles. The summed E-state index contributed by atoms with van der Waals surface area (Å²) in [6.45, 7) is 4.51. The Balaban J connectivity index is 1.84. The maximum atomic E-state index is 11.9. The van der Waals surface area contributed by atoms with Gasteiger partial charge in [0, 0.05) is 10.0 Å². The molecule has 0 aliphatic rings. The summed E-state index contributed by atoms with van der Waals surface area (Å²) in [6, 6.07) is 13.4. The van der Waals surface area contributed by atoms with Crippen molar-refractivity contribution in [3.63, 3.8) is 0 Å². The molecular formula is C20H23BrN2O3. The van der Waals surface area contributed by atoms with E-state index < -0.39 is 0 Å². The summed E-state index contributed by atoms with van der Waals surface area (Å²) in [7, 11) is 0. The van der Waals surface area contributed by atoms with Crippen molar-refractivity contribution in [3.05, 3.63) is 58.1 Å². The number of aryl methyl sites for hydroxylation is 1. The van der Waals surface area contributed by atoms with E-state index in [-0.39, 0.29) is 12.5 Å². The van der Waals surface area contributed by atoms with Gasteiger partial charge in [-0.1, -0.05) is 41.4 Å². The molecule has 1 amide bonds. The van der Waals surface area contributed by atoms with Crippen molar-refractivity contribution in [2.75, 3.05) is 13.2 Å². The Kier molecular flexibility index (Phi) is 8.15. The fourth-order valence-electron chi connectivity index (χ4n) is 2.30. The zero-order valence-electron chi connectivity index (χ0n) is 15.0. The van der Waals surface area contributed by atoms with Crippen LogP contribution in [0, 0.1) is 0 Å². The quantitative estimate of drug-likeness (QED) is 0.486. The molecule has 0 spiro atoms. The number of benzene rings is 2. The van der Waals surface area contributed by atoms with Crippen LogP contribution < -0.4 is 14.9 Å². The summed E-state index contributed by atoms with van der Waals surface area (Å²) in [4.78, 5) is 11.9. The molecule has 2 aromatic carbocycles. The van der Waals surface area contributed by atoms with Gasteiger partial charge in [0.25, 0.3) is 5.91 Å². The monoisotopic (exact) mass is 418 g/mol. The number of carbonyl (C=O) groups excluding carboxylic acids is 1. The van der Waals surface area contributed by atoms with E-state index in [1.165, 1.54) is 5.56 Å². The molecule has 0 bridgehead atoms. The van der Waals surface area contributed by atoms with Crippen LogP contribution in [-0.2, 0) is 11.2 Å². The van der Waals surface area contributed by atoms with Crippen LogP contribution in [0.25, 0.3) is 0 Å². The molecule has 2 aromatic rings. The summed E-state index contributed by atoms with van der Waals surface area (Å²) in [5, 5.41) is 3.97. The van der Waals surface area contributed by atoms with Crippen molar-refractivity contribution in [3.8, 4) is 11.5 Å². The Morgan fingerprint density at radius 2 is 1.92 bits per heavy atom. The Hall–Kier alpha value is -2.34. The van der Waals surface area contributed by atoms with E-state index in [1.807, 2.05) is 49.4 Å². The molecule has 0 radical (unpaired) electrons. The first-order chi connectivity index (χ1) is 12.6. The number of carbonyl (C=O) groups is 1. The van der Waals surface area contributed by atoms with Crippen LogP contribution in [0.15, 0.2) is 52.0 Å². The third kappa shape index (κ3) is 6.52. The Bertz CT molecular complexity index is 745. The molecule has 6 heteroatoms. The predicted molar refractivity (Wildman–Crippen MR) is 107 cm³/mol. The largest absolute Gasteiger partial charge is 0.493 e. The van der Waals surface area contributed by atoms with Crippen LogP contribution in [0.2, 0.25) is 0 Å². The van der Waals surface area contributed by atoms with Crippen molar-refractivity contribution in [1.82, 2.24) is 5.43 Å². The fourth-order valence-corrected chi connectivity index (χ4v) is 2.68. The van der Waals surface area contributed by atoms with E-state index >= 15 is 0 Å². The van der Waals surface area contributed by atoms with Crippen molar-refractivity contribution < 1.29 is 14.3 Å². The van der Waals surface area contributed by atoms with Gasteiger partial charge in [-0.15, -0.1) is 0 Å². The van der Waals surface area contributed by atoms with Gasteiger partial charge < -0.3 is 9.47 Å². The summed E-state index contributed by atoms with van der Waals surface area (Å²) in [5.41, 5.74) is 4.49. The molecule has 2 rings (SSSR count). The van der Waals surface area contributed by atoms with Gasteiger partial charge in [-0.3, -0.25) is 4.79 Å². The van der Waals surface area contributed by atoms with Crippen LogP contribution in [0.3, 0.4) is 0 Å². The summed E-state index contributed by atoms with van der Waals surface area (Å²) in [6.07, 6.45) is 3.69. The van der Waals surface area contributed by atoms with Gasteiger partial charge in [-0.05, 0) is 49.2 Å². The number of halogens is 1. The Labute approximate surface area is 162 Å². The molecule has 0 saturated heterocycles. The first-order valence-corrected chi connectivity index (χ1v) is 9.37. The summed E-state index contributed by atoms with van der Waals surface area (Å²) < 4.78 is 11.9. The minimum Gasteiger partial charge on any atom is -0.493 e. The normalized spacial score (nSPS) is 10.7. The second-order valence-corrected chi connectivity index (χ2v) is 6.51. The molecule has 5 nitrogen and oxygen atoms in total. The van der Waals surface area contributed by atoms with Crippen molar-refractivity contribution in [2.24, 2.45) is 5.10 Å². The number of hydrogen-bond acceptors (Lipinski definition) is 4. The van der Waals surface area contributed by atoms with E-state index in [1.54, 1.807) is 6.21 Å². The van der Waals surface area contributed by atoms with Gasteiger partial charge in [0.15, 0.2) is 6.61 Å². The third-order valence-electron chi connectivity index (χ3n) is 3.50. The van der Waals surface area contributed by atoms with Crippen LogP contribution in [0.5, 0.6) is 11.5 Å². The van der Waals surface area contributed by atoms with E-state index in [9.17, 15) is 4.79 Å². The Morgan fingerprint density at radius 1 is 1.15 bits per heavy atom. The lowest BCUT2D eigenvalue weighted by molar-refractivity contribution is -0.123. The molecular weight excluding hydrogens is 396 g/mol. The van der Waals surface area contributed by atoms with E-state index in [0.29, 0.717) is 18.1 Å². The van der Waals surface area contributed by atoms with Crippen LogP contribution >= 0.6 is 15.9 Å². The van der Waals surface area contributed by atoms with Gasteiger partial charge in [0.2, 0.25) is 0 Å². The number of rotatable bonds is 9. The number of nitrogens with zero attached hydrogens (tertiary/aromatic N) is 1. The van der Waals surface area contributed by atoms with Gasteiger partial charge in [-0.25, -0.2) is 5.43 Å². The number of hydrazone groups is 1. The zero-order valence-corrected chi connectivity index (χ0v) is 16.6.